The molecule has 1 nitrogen and oxygen atoms in total. The van der Waals surface area contributed by atoms with Crippen molar-refractivity contribution in [1.82, 2.24) is 0 Å². The Kier molecular flexibility index (Phi) is 5.40. The normalized spacial score (nSPS) is 13.9. The number of allylic oxidation sites excluding steroid dienone is 1. The van der Waals surface area contributed by atoms with Crippen molar-refractivity contribution in [3.8, 4) is 0 Å². The summed E-state index contributed by atoms with van der Waals surface area (Å²) in [4.78, 5) is 1.04. The van der Waals surface area contributed by atoms with Crippen LogP contribution in [-0.2, 0) is 0 Å². The molecular weight excluding hydrogens is 142 g/mol. The molecule has 0 fully saturated rings. The third-order valence-electron chi connectivity index (χ3n) is 1.17. The lowest BCUT2D eigenvalue weighted by atomic mass is 10.1. The molecule has 1 unspecified atom stereocenters. The molecule has 0 aliphatic heterocycles. The van der Waals surface area contributed by atoms with Crippen molar-refractivity contribution < 1.29 is 0 Å². The van der Waals surface area contributed by atoms with Gasteiger partial charge in [0.2, 0.25) is 0 Å². The molecule has 0 aromatic heterocycles. The van der Waals surface area contributed by atoms with Crippen LogP contribution in [0.15, 0.2) is 15.9 Å². The van der Waals surface area contributed by atoms with E-state index >= 15 is 0 Å². The van der Waals surface area contributed by atoms with Crippen LogP contribution in [0.2, 0.25) is 0 Å². The highest BCUT2D eigenvalue weighted by Gasteiger charge is 1.90. The summed E-state index contributed by atoms with van der Waals surface area (Å²) >= 11 is 1.45. The largest absolute Gasteiger partial charge is 0.224 e. The van der Waals surface area contributed by atoms with Crippen LogP contribution in [0.3, 0.4) is 0 Å². The molecule has 0 aromatic carbocycles. The maximum atomic E-state index is 4.13. The van der Waals surface area contributed by atoms with Gasteiger partial charge >= 0.3 is 0 Å². The molecule has 0 N–H and O–H groups in total. The zero-order valence-electron chi connectivity index (χ0n) is 6.92. The zero-order chi connectivity index (χ0) is 7.98. The second-order valence-corrected chi connectivity index (χ2v) is 3.52. The number of nitrogens with zero attached hydrogens (tertiary/aromatic N) is 1. The van der Waals surface area contributed by atoms with Crippen molar-refractivity contribution in [2.45, 2.75) is 27.2 Å². The summed E-state index contributed by atoms with van der Waals surface area (Å²) in [6.45, 7) is 9.99. The van der Waals surface area contributed by atoms with Crippen LogP contribution in [0.1, 0.15) is 27.2 Å². The minimum Gasteiger partial charge on any atom is -0.224 e. The molecule has 10 heavy (non-hydrogen) atoms. The quantitative estimate of drug-likeness (QED) is 0.450. The molecular formula is C8H15NS. The van der Waals surface area contributed by atoms with Gasteiger partial charge in [-0.1, -0.05) is 20.4 Å². The van der Waals surface area contributed by atoms with Gasteiger partial charge in [0.05, 0.1) is 0 Å². The number of hydrogen-bond donors (Lipinski definition) is 0. The summed E-state index contributed by atoms with van der Waals surface area (Å²) < 4.78 is 4.13. The van der Waals surface area contributed by atoms with Gasteiger partial charge in [-0.2, -0.15) is 0 Å². The van der Waals surface area contributed by atoms with Crippen molar-refractivity contribution >= 4 is 18.2 Å². The summed E-state index contributed by atoms with van der Waals surface area (Å²) in [6.07, 6.45) is 3.12. The Morgan fingerprint density at radius 3 is 2.80 bits per heavy atom. The third kappa shape index (κ3) is 5.89. The molecule has 0 saturated heterocycles. The van der Waals surface area contributed by atoms with Crippen molar-refractivity contribution in [1.29, 1.82) is 0 Å². The van der Waals surface area contributed by atoms with Gasteiger partial charge in [0.1, 0.15) is 0 Å². The Hall–Kier alpha value is -0.240. The minimum absolute atomic E-state index is 0.590. The standard InChI is InChI=1S/C8H15NS/c1-5-8(4)6-9-10-7(2)3/h6,8H,2,5H2,1,3-4H3/b9-6-. The van der Waals surface area contributed by atoms with E-state index < -0.39 is 0 Å². The van der Waals surface area contributed by atoms with Crippen LogP contribution in [0.4, 0.5) is 0 Å². The van der Waals surface area contributed by atoms with Crippen LogP contribution < -0.4 is 0 Å². The van der Waals surface area contributed by atoms with E-state index in [4.69, 9.17) is 0 Å². The summed E-state index contributed by atoms with van der Waals surface area (Å²) in [7, 11) is 0. The molecule has 0 aliphatic carbocycles. The molecule has 1 atom stereocenters. The van der Waals surface area contributed by atoms with Crippen molar-refractivity contribution in [2.24, 2.45) is 10.3 Å². The minimum atomic E-state index is 0.590. The molecule has 0 radical (unpaired) electrons. The van der Waals surface area contributed by atoms with Crippen LogP contribution in [0, 0.1) is 5.92 Å². The molecule has 0 saturated carbocycles. The predicted octanol–water partition coefficient (Wildman–Crippen LogP) is 3.29. The Morgan fingerprint density at radius 2 is 2.40 bits per heavy atom. The number of hydrogen-bond acceptors (Lipinski definition) is 2. The Labute approximate surface area is 67.8 Å². The van der Waals surface area contributed by atoms with Gasteiger partial charge in [-0.05, 0) is 24.2 Å². The average molecular weight is 157 g/mol. The summed E-state index contributed by atoms with van der Waals surface area (Å²) in [5.74, 6) is 0.590. The van der Waals surface area contributed by atoms with Crippen molar-refractivity contribution in [2.75, 3.05) is 0 Å². The third-order valence-corrected chi connectivity index (χ3v) is 1.71. The first kappa shape index (κ1) is 9.76. The van der Waals surface area contributed by atoms with Gasteiger partial charge in [0.25, 0.3) is 0 Å². The highest BCUT2D eigenvalue weighted by molar-refractivity contribution is 8.01. The second kappa shape index (κ2) is 5.54. The molecule has 0 bridgehead atoms. The van der Waals surface area contributed by atoms with Crippen molar-refractivity contribution in [3.05, 3.63) is 11.5 Å². The van der Waals surface area contributed by atoms with Crippen molar-refractivity contribution in [3.63, 3.8) is 0 Å². The topological polar surface area (TPSA) is 12.4 Å². The fourth-order valence-corrected chi connectivity index (χ4v) is 0.778. The van der Waals surface area contributed by atoms with Gasteiger partial charge in [0.15, 0.2) is 0 Å². The average Bonchev–Trinajstić information content (AvgIpc) is 1.87. The fourth-order valence-electron chi connectivity index (χ4n) is 0.330. The SMILES string of the molecule is C=C(C)S/N=C\C(C)CC. The smallest absolute Gasteiger partial charge is 0.0158 e. The summed E-state index contributed by atoms with van der Waals surface area (Å²) in [5.41, 5.74) is 0. The van der Waals surface area contributed by atoms with E-state index in [1.165, 1.54) is 11.9 Å². The Balaban J connectivity index is 3.45. The summed E-state index contributed by atoms with van der Waals surface area (Å²) in [6, 6.07) is 0. The molecule has 0 rings (SSSR count). The van der Waals surface area contributed by atoms with Gasteiger partial charge in [0, 0.05) is 18.2 Å². The van der Waals surface area contributed by atoms with E-state index in [0.29, 0.717) is 5.92 Å². The second-order valence-electron chi connectivity index (χ2n) is 2.43. The molecule has 2 heteroatoms. The maximum Gasteiger partial charge on any atom is 0.0158 e. The molecule has 0 amide bonds. The lowest BCUT2D eigenvalue weighted by molar-refractivity contribution is 0.756. The molecule has 0 heterocycles. The first-order valence-corrected chi connectivity index (χ1v) is 4.30. The van der Waals surface area contributed by atoms with E-state index in [-0.39, 0.29) is 0 Å². The monoisotopic (exact) mass is 157 g/mol. The molecule has 58 valence electrons. The van der Waals surface area contributed by atoms with Gasteiger partial charge in [-0.25, -0.2) is 4.40 Å². The lowest BCUT2D eigenvalue weighted by Gasteiger charge is -1.97. The Bertz CT molecular complexity index is 129. The fraction of sp³-hybridized carbons (Fsp3) is 0.625. The molecule has 0 aliphatic rings. The highest BCUT2D eigenvalue weighted by Crippen LogP contribution is 2.12. The van der Waals surface area contributed by atoms with Crippen LogP contribution in [0.5, 0.6) is 0 Å². The van der Waals surface area contributed by atoms with Crippen LogP contribution in [0.25, 0.3) is 0 Å². The van der Waals surface area contributed by atoms with Crippen LogP contribution in [-0.4, -0.2) is 6.21 Å². The van der Waals surface area contributed by atoms with E-state index in [9.17, 15) is 0 Å². The molecule has 0 spiro atoms. The Morgan fingerprint density at radius 1 is 1.80 bits per heavy atom. The first-order chi connectivity index (χ1) is 4.66. The van der Waals surface area contributed by atoms with E-state index in [1.807, 2.05) is 13.1 Å². The zero-order valence-corrected chi connectivity index (χ0v) is 7.74. The van der Waals surface area contributed by atoms with E-state index in [1.54, 1.807) is 0 Å². The maximum absolute atomic E-state index is 4.13. The van der Waals surface area contributed by atoms with E-state index in [2.05, 4.69) is 24.8 Å². The van der Waals surface area contributed by atoms with Gasteiger partial charge in [-0.15, -0.1) is 0 Å². The summed E-state index contributed by atoms with van der Waals surface area (Å²) in [5, 5.41) is 0. The van der Waals surface area contributed by atoms with Crippen LogP contribution >= 0.6 is 11.9 Å². The highest BCUT2D eigenvalue weighted by atomic mass is 32.2. The number of rotatable bonds is 4. The van der Waals surface area contributed by atoms with Gasteiger partial charge < -0.3 is 0 Å². The predicted molar refractivity (Wildman–Crippen MR) is 50.4 cm³/mol. The lowest BCUT2D eigenvalue weighted by Crippen LogP contribution is -1.90. The van der Waals surface area contributed by atoms with Gasteiger partial charge in [-0.3, -0.25) is 0 Å². The van der Waals surface area contributed by atoms with E-state index in [0.717, 1.165) is 11.3 Å². The molecule has 0 aromatic rings. The first-order valence-electron chi connectivity index (χ1n) is 3.52.